The highest BCUT2D eigenvalue weighted by molar-refractivity contribution is 9.09. The van der Waals surface area contributed by atoms with Gasteiger partial charge in [-0.05, 0) is 5.56 Å². The SMILES string of the molecule is O=C(CCBr)N[C@@H](Cc1ccccc1)C(=O)O. The number of benzene rings is 1. The van der Waals surface area contributed by atoms with Gasteiger partial charge in [-0.15, -0.1) is 0 Å². The fourth-order valence-corrected chi connectivity index (χ4v) is 1.76. The molecule has 0 bridgehead atoms. The Morgan fingerprint density at radius 2 is 1.94 bits per heavy atom. The highest BCUT2D eigenvalue weighted by Gasteiger charge is 2.19. The molecule has 0 radical (unpaired) electrons. The van der Waals surface area contributed by atoms with Crippen molar-refractivity contribution in [3.8, 4) is 0 Å². The van der Waals surface area contributed by atoms with Gasteiger partial charge in [0.05, 0.1) is 0 Å². The van der Waals surface area contributed by atoms with E-state index in [1.54, 1.807) is 0 Å². The fraction of sp³-hybridized carbons (Fsp3) is 0.333. The summed E-state index contributed by atoms with van der Waals surface area (Å²) in [6, 6.07) is 8.36. The number of halogens is 1. The molecule has 0 spiro atoms. The van der Waals surface area contributed by atoms with Gasteiger partial charge in [-0.2, -0.15) is 0 Å². The number of hydrogen-bond acceptors (Lipinski definition) is 2. The molecule has 0 unspecified atom stereocenters. The zero-order valence-electron chi connectivity index (χ0n) is 9.23. The van der Waals surface area contributed by atoms with Crippen molar-refractivity contribution in [1.82, 2.24) is 5.32 Å². The number of hydrogen-bond donors (Lipinski definition) is 2. The van der Waals surface area contributed by atoms with E-state index in [0.717, 1.165) is 5.56 Å². The molecule has 0 fully saturated rings. The van der Waals surface area contributed by atoms with Gasteiger partial charge >= 0.3 is 5.97 Å². The van der Waals surface area contributed by atoms with Crippen molar-refractivity contribution in [3.63, 3.8) is 0 Å². The molecule has 1 aromatic carbocycles. The summed E-state index contributed by atoms with van der Waals surface area (Å²) in [7, 11) is 0. The first-order valence-corrected chi connectivity index (χ1v) is 6.37. The van der Waals surface area contributed by atoms with Gasteiger partial charge in [-0.3, -0.25) is 4.79 Å². The number of amides is 1. The van der Waals surface area contributed by atoms with Crippen molar-refractivity contribution >= 4 is 27.8 Å². The summed E-state index contributed by atoms with van der Waals surface area (Å²) in [4.78, 5) is 22.4. The Labute approximate surface area is 108 Å². The molecule has 1 amide bonds. The van der Waals surface area contributed by atoms with Crippen LogP contribution >= 0.6 is 15.9 Å². The monoisotopic (exact) mass is 299 g/mol. The molecule has 1 aromatic rings. The maximum atomic E-state index is 11.3. The third-order valence-corrected chi connectivity index (χ3v) is 2.63. The van der Waals surface area contributed by atoms with Crippen LogP contribution < -0.4 is 5.32 Å². The summed E-state index contributed by atoms with van der Waals surface area (Å²) >= 11 is 3.14. The van der Waals surface area contributed by atoms with E-state index < -0.39 is 12.0 Å². The van der Waals surface area contributed by atoms with Crippen molar-refractivity contribution in [1.29, 1.82) is 0 Å². The minimum absolute atomic E-state index is 0.259. The summed E-state index contributed by atoms with van der Waals surface area (Å²) in [6.07, 6.45) is 0.572. The number of nitrogens with one attached hydrogen (secondary N) is 1. The quantitative estimate of drug-likeness (QED) is 0.784. The van der Waals surface area contributed by atoms with Crippen LogP contribution in [0.15, 0.2) is 30.3 Å². The summed E-state index contributed by atoms with van der Waals surface area (Å²) in [5.74, 6) is -1.28. The van der Waals surface area contributed by atoms with Gasteiger partial charge < -0.3 is 10.4 Å². The largest absolute Gasteiger partial charge is 0.480 e. The van der Waals surface area contributed by atoms with Gasteiger partial charge in [0, 0.05) is 18.2 Å². The lowest BCUT2D eigenvalue weighted by Crippen LogP contribution is -2.42. The minimum Gasteiger partial charge on any atom is -0.480 e. The zero-order valence-corrected chi connectivity index (χ0v) is 10.8. The van der Waals surface area contributed by atoms with Crippen molar-refractivity contribution in [2.75, 3.05) is 5.33 Å². The maximum Gasteiger partial charge on any atom is 0.326 e. The molecule has 92 valence electrons. The van der Waals surface area contributed by atoms with Crippen molar-refractivity contribution in [3.05, 3.63) is 35.9 Å². The predicted molar refractivity (Wildman–Crippen MR) is 68.1 cm³/mol. The van der Waals surface area contributed by atoms with Crippen LogP contribution in [0.4, 0.5) is 0 Å². The number of carbonyl (C=O) groups excluding carboxylic acids is 1. The zero-order chi connectivity index (χ0) is 12.7. The average Bonchev–Trinajstić information content (AvgIpc) is 2.29. The van der Waals surface area contributed by atoms with Crippen LogP contribution in [-0.2, 0) is 16.0 Å². The van der Waals surface area contributed by atoms with Gasteiger partial charge in [0.25, 0.3) is 0 Å². The molecule has 0 saturated heterocycles. The van der Waals surface area contributed by atoms with Crippen LogP contribution in [-0.4, -0.2) is 28.4 Å². The van der Waals surface area contributed by atoms with Crippen molar-refractivity contribution in [2.24, 2.45) is 0 Å². The van der Waals surface area contributed by atoms with E-state index in [0.29, 0.717) is 11.8 Å². The third kappa shape index (κ3) is 4.99. The summed E-state index contributed by atoms with van der Waals surface area (Å²) in [5.41, 5.74) is 0.888. The Morgan fingerprint density at radius 3 is 2.47 bits per heavy atom. The van der Waals surface area contributed by atoms with Gasteiger partial charge in [0.15, 0.2) is 0 Å². The first-order chi connectivity index (χ1) is 8.13. The second kappa shape index (κ2) is 7.06. The third-order valence-electron chi connectivity index (χ3n) is 2.24. The van der Waals surface area contributed by atoms with Crippen LogP contribution in [0, 0.1) is 0 Å². The highest BCUT2D eigenvalue weighted by atomic mass is 79.9. The van der Waals surface area contributed by atoms with Crippen LogP contribution in [0.3, 0.4) is 0 Å². The number of carboxylic acid groups (broad SMARTS) is 1. The smallest absolute Gasteiger partial charge is 0.326 e. The van der Waals surface area contributed by atoms with E-state index in [-0.39, 0.29) is 12.3 Å². The molecule has 5 heteroatoms. The van der Waals surface area contributed by atoms with Crippen LogP contribution in [0.25, 0.3) is 0 Å². The van der Waals surface area contributed by atoms with Gasteiger partial charge in [0.1, 0.15) is 6.04 Å². The number of alkyl halides is 1. The number of aliphatic carboxylic acids is 1. The molecule has 1 rings (SSSR count). The van der Waals surface area contributed by atoms with E-state index >= 15 is 0 Å². The molecular formula is C12H14BrNO3. The average molecular weight is 300 g/mol. The summed E-state index contributed by atoms with van der Waals surface area (Å²) in [5, 5.41) is 12.0. The Kier molecular flexibility index (Phi) is 5.69. The topological polar surface area (TPSA) is 66.4 Å². The Bertz CT molecular complexity index is 381. The van der Waals surface area contributed by atoms with E-state index in [4.69, 9.17) is 5.11 Å². The lowest BCUT2D eigenvalue weighted by Gasteiger charge is -2.14. The van der Waals surface area contributed by atoms with Crippen LogP contribution in [0.2, 0.25) is 0 Å². The predicted octanol–water partition coefficient (Wildman–Crippen LogP) is 1.58. The fourth-order valence-electron chi connectivity index (χ4n) is 1.40. The molecule has 4 nitrogen and oxygen atoms in total. The summed E-state index contributed by atoms with van der Waals surface area (Å²) < 4.78 is 0. The molecule has 0 saturated carbocycles. The van der Waals surface area contributed by atoms with Gasteiger partial charge in [-0.1, -0.05) is 46.3 Å². The maximum absolute atomic E-state index is 11.3. The lowest BCUT2D eigenvalue weighted by atomic mass is 10.1. The van der Waals surface area contributed by atoms with Gasteiger partial charge in [-0.25, -0.2) is 4.79 Å². The first-order valence-electron chi connectivity index (χ1n) is 5.25. The number of carboxylic acids is 1. The normalized spacial score (nSPS) is 11.8. The molecule has 0 aliphatic carbocycles. The van der Waals surface area contributed by atoms with E-state index in [9.17, 15) is 9.59 Å². The molecule has 0 aliphatic rings. The van der Waals surface area contributed by atoms with Crippen LogP contribution in [0.1, 0.15) is 12.0 Å². The van der Waals surface area contributed by atoms with E-state index in [2.05, 4.69) is 21.2 Å². The molecule has 0 aliphatic heterocycles. The molecule has 2 N–H and O–H groups in total. The standard InChI is InChI=1S/C12H14BrNO3/c13-7-6-11(15)14-10(12(16)17)8-9-4-2-1-3-5-9/h1-5,10H,6-8H2,(H,14,15)(H,16,17)/t10-/m0/s1. The van der Waals surface area contributed by atoms with E-state index in [1.165, 1.54) is 0 Å². The Morgan fingerprint density at radius 1 is 1.29 bits per heavy atom. The Balaban J connectivity index is 2.61. The van der Waals surface area contributed by atoms with E-state index in [1.807, 2.05) is 30.3 Å². The lowest BCUT2D eigenvalue weighted by molar-refractivity contribution is -0.141. The number of carbonyl (C=O) groups is 2. The second-order valence-corrected chi connectivity index (χ2v) is 4.38. The molecule has 0 aromatic heterocycles. The molecule has 1 atom stereocenters. The Hall–Kier alpha value is -1.36. The summed E-state index contributed by atoms with van der Waals surface area (Å²) in [6.45, 7) is 0. The molecule has 0 heterocycles. The number of rotatable bonds is 6. The first kappa shape index (κ1) is 13.7. The molecule has 17 heavy (non-hydrogen) atoms. The van der Waals surface area contributed by atoms with Gasteiger partial charge in [0.2, 0.25) is 5.91 Å². The van der Waals surface area contributed by atoms with Crippen molar-refractivity contribution < 1.29 is 14.7 Å². The highest BCUT2D eigenvalue weighted by Crippen LogP contribution is 2.04. The second-order valence-electron chi connectivity index (χ2n) is 3.59. The van der Waals surface area contributed by atoms with Crippen LogP contribution in [0.5, 0.6) is 0 Å². The van der Waals surface area contributed by atoms with Crippen molar-refractivity contribution in [2.45, 2.75) is 18.9 Å². The molecular weight excluding hydrogens is 286 g/mol. The minimum atomic E-state index is -1.02.